The van der Waals surface area contributed by atoms with Gasteiger partial charge in [0.2, 0.25) is 0 Å². The van der Waals surface area contributed by atoms with Crippen LogP contribution >= 0.6 is 0 Å². The van der Waals surface area contributed by atoms with Crippen molar-refractivity contribution in [2.45, 2.75) is 19.4 Å². The molecule has 0 amide bonds. The molecule has 0 saturated carbocycles. The van der Waals surface area contributed by atoms with Crippen LogP contribution < -0.4 is 5.73 Å². The molecule has 1 rings (SSSR count). The predicted molar refractivity (Wildman–Crippen MR) is 52.2 cm³/mol. The highest BCUT2D eigenvalue weighted by Gasteiger charge is 2.19. The Bertz CT molecular complexity index is 115. The molecule has 1 heterocycles. The summed E-state index contributed by atoms with van der Waals surface area (Å²) in [6.45, 7) is 7.78. The molecule has 2 N–H and O–H groups in total. The Labute approximate surface area is 75.5 Å². The normalized spacial score (nSPS) is 24.2. The Kier molecular flexibility index (Phi) is 3.98. The Morgan fingerprint density at radius 1 is 1.25 bits per heavy atom. The molecule has 1 aliphatic heterocycles. The third-order valence-corrected chi connectivity index (χ3v) is 2.80. The molecule has 0 aromatic rings. The minimum atomic E-state index is 0.610. The van der Waals surface area contributed by atoms with Crippen molar-refractivity contribution in [1.29, 1.82) is 0 Å². The fourth-order valence-electron chi connectivity index (χ4n) is 1.76. The standard InChI is InChI=1S/C9H21N3/c1-3-9(8-10)12-6-4-11(2)5-7-12/h9H,3-8,10H2,1-2H3/t9-/m0/s1. The van der Waals surface area contributed by atoms with E-state index in [1.807, 2.05) is 0 Å². The maximum Gasteiger partial charge on any atom is 0.0216 e. The molecule has 1 fully saturated rings. The lowest BCUT2D eigenvalue weighted by atomic mass is 10.1. The van der Waals surface area contributed by atoms with Crippen LogP contribution in [0.5, 0.6) is 0 Å². The Morgan fingerprint density at radius 3 is 2.25 bits per heavy atom. The summed E-state index contributed by atoms with van der Waals surface area (Å²) in [4.78, 5) is 4.89. The highest BCUT2D eigenvalue weighted by molar-refractivity contribution is 4.76. The maximum absolute atomic E-state index is 5.69. The van der Waals surface area contributed by atoms with Crippen LogP contribution in [0.1, 0.15) is 13.3 Å². The van der Waals surface area contributed by atoms with Gasteiger partial charge in [-0.1, -0.05) is 6.92 Å². The van der Waals surface area contributed by atoms with E-state index in [1.54, 1.807) is 0 Å². The minimum Gasteiger partial charge on any atom is -0.329 e. The zero-order valence-electron chi connectivity index (χ0n) is 8.29. The first kappa shape index (κ1) is 9.96. The molecule has 1 aliphatic rings. The van der Waals surface area contributed by atoms with E-state index in [1.165, 1.54) is 32.6 Å². The highest BCUT2D eigenvalue weighted by atomic mass is 15.3. The molecule has 0 aliphatic carbocycles. The van der Waals surface area contributed by atoms with Crippen molar-refractivity contribution in [2.75, 3.05) is 39.8 Å². The summed E-state index contributed by atoms with van der Waals surface area (Å²) in [6, 6.07) is 0.610. The molecule has 0 spiro atoms. The Morgan fingerprint density at radius 2 is 1.83 bits per heavy atom. The van der Waals surface area contributed by atoms with Gasteiger partial charge in [-0.3, -0.25) is 4.90 Å². The molecule has 1 atom stereocenters. The van der Waals surface area contributed by atoms with Crippen molar-refractivity contribution in [3.8, 4) is 0 Å². The Hall–Kier alpha value is -0.120. The van der Waals surface area contributed by atoms with Crippen molar-refractivity contribution in [3.05, 3.63) is 0 Å². The quantitative estimate of drug-likeness (QED) is 0.647. The first-order chi connectivity index (χ1) is 5.77. The van der Waals surface area contributed by atoms with Crippen LogP contribution in [-0.4, -0.2) is 55.6 Å². The third kappa shape index (κ3) is 2.44. The minimum absolute atomic E-state index is 0.610. The molecule has 0 radical (unpaired) electrons. The number of rotatable bonds is 3. The van der Waals surface area contributed by atoms with Crippen molar-refractivity contribution in [1.82, 2.24) is 9.80 Å². The molecule has 3 nitrogen and oxygen atoms in total. The van der Waals surface area contributed by atoms with Gasteiger partial charge in [0.15, 0.2) is 0 Å². The van der Waals surface area contributed by atoms with E-state index in [0.717, 1.165) is 6.54 Å². The predicted octanol–water partition coefficient (Wildman–Crippen LogP) is -0.0289. The topological polar surface area (TPSA) is 32.5 Å². The number of hydrogen-bond donors (Lipinski definition) is 1. The average molecular weight is 171 g/mol. The van der Waals surface area contributed by atoms with Gasteiger partial charge in [-0.05, 0) is 13.5 Å². The second-order valence-electron chi connectivity index (χ2n) is 3.64. The van der Waals surface area contributed by atoms with Crippen LogP contribution in [-0.2, 0) is 0 Å². The van der Waals surface area contributed by atoms with Gasteiger partial charge in [0.1, 0.15) is 0 Å². The number of nitrogens with zero attached hydrogens (tertiary/aromatic N) is 2. The Balaban J connectivity index is 2.32. The van der Waals surface area contributed by atoms with Gasteiger partial charge in [-0.15, -0.1) is 0 Å². The molecule has 72 valence electrons. The van der Waals surface area contributed by atoms with Crippen molar-refractivity contribution in [3.63, 3.8) is 0 Å². The lowest BCUT2D eigenvalue weighted by molar-refractivity contribution is 0.112. The second kappa shape index (κ2) is 4.80. The molecule has 0 bridgehead atoms. The second-order valence-corrected chi connectivity index (χ2v) is 3.64. The van der Waals surface area contributed by atoms with Gasteiger partial charge in [0.25, 0.3) is 0 Å². The fourth-order valence-corrected chi connectivity index (χ4v) is 1.76. The van der Waals surface area contributed by atoms with Crippen LogP contribution in [0.15, 0.2) is 0 Å². The van der Waals surface area contributed by atoms with Gasteiger partial charge < -0.3 is 10.6 Å². The summed E-state index contributed by atoms with van der Waals surface area (Å²) >= 11 is 0. The van der Waals surface area contributed by atoms with E-state index < -0.39 is 0 Å². The lowest BCUT2D eigenvalue weighted by Crippen LogP contribution is -2.51. The van der Waals surface area contributed by atoms with Crippen LogP contribution in [0.3, 0.4) is 0 Å². The van der Waals surface area contributed by atoms with E-state index in [4.69, 9.17) is 5.73 Å². The van der Waals surface area contributed by atoms with E-state index in [9.17, 15) is 0 Å². The average Bonchev–Trinajstić information content (AvgIpc) is 2.10. The molecular weight excluding hydrogens is 150 g/mol. The lowest BCUT2D eigenvalue weighted by Gasteiger charge is -2.37. The SMILES string of the molecule is CC[C@@H](CN)N1CCN(C)CC1. The summed E-state index contributed by atoms with van der Waals surface area (Å²) in [7, 11) is 2.18. The molecule has 3 heteroatoms. The van der Waals surface area contributed by atoms with E-state index in [-0.39, 0.29) is 0 Å². The zero-order valence-corrected chi connectivity index (χ0v) is 8.29. The monoisotopic (exact) mass is 171 g/mol. The smallest absolute Gasteiger partial charge is 0.0216 e. The van der Waals surface area contributed by atoms with Gasteiger partial charge in [-0.25, -0.2) is 0 Å². The third-order valence-electron chi connectivity index (χ3n) is 2.80. The highest BCUT2D eigenvalue weighted by Crippen LogP contribution is 2.06. The molecule has 0 aromatic heterocycles. The largest absolute Gasteiger partial charge is 0.329 e. The fraction of sp³-hybridized carbons (Fsp3) is 1.00. The zero-order chi connectivity index (χ0) is 8.97. The van der Waals surface area contributed by atoms with Crippen LogP contribution in [0.2, 0.25) is 0 Å². The van der Waals surface area contributed by atoms with Gasteiger partial charge in [-0.2, -0.15) is 0 Å². The summed E-state index contributed by atoms with van der Waals surface area (Å²) in [5, 5.41) is 0. The number of nitrogens with two attached hydrogens (primary N) is 1. The van der Waals surface area contributed by atoms with Crippen molar-refractivity contribution >= 4 is 0 Å². The maximum atomic E-state index is 5.69. The first-order valence-corrected chi connectivity index (χ1v) is 4.90. The van der Waals surface area contributed by atoms with Crippen LogP contribution in [0.25, 0.3) is 0 Å². The summed E-state index contributed by atoms with van der Waals surface area (Å²) in [5.41, 5.74) is 5.69. The summed E-state index contributed by atoms with van der Waals surface area (Å²) < 4.78 is 0. The number of hydrogen-bond acceptors (Lipinski definition) is 3. The molecule has 12 heavy (non-hydrogen) atoms. The molecule has 1 saturated heterocycles. The van der Waals surface area contributed by atoms with Crippen LogP contribution in [0, 0.1) is 0 Å². The van der Waals surface area contributed by atoms with Gasteiger partial charge >= 0.3 is 0 Å². The van der Waals surface area contributed by atoms with Gasteiger partial charge in [0, 0.05) is 38.8 Å². The number of likely N-dealkylation sites (N-methyl/N-ethyl adjacent to an activating group) is 1. The summed E-state index contributed by atoms with van der Waals surface area (Å²) in [5.74, 6) is 0. The van der Waals surface area contributed by atoms with Crippen molar-refractivity contribution < 1.29 is 0 Å². The van der Waals surface area contributed by atoms with Gasteiger partial charge in [0.05, 0.1) is 0 Å². The molecular formula is C9H21N3. The van der Waals surface area contributed by atoms with Crippen LogP contribution in [0.4, 0.5) is 0 Å². The van der Waals surface area contributed by atoms with E-state index in [0.29, 0.717) is 6.04 Å². The molecule has 0 unspecified atom stereocenters. The molecule has 0 aromatic carbocycles. The number of piperazine rings is 1. The summed E-state index contributed by atoms with van der Waals surface area (Å²) in [6.07, 6.45) is 1.18. The van der Waals surface area contributed by atoms with E-state index in [2.05, 4.69) is 23.8 Å². The van der Waals surface area contributed by atoms with Crippen molar-refractivity contribution in [2.24, 2.45) is 5.73 Å². The first-order valence-electron chi connectivity index (χ1n) is 4.90. The van der Waals surface area contributed by atoms with E-state index >= 15 is 0 Å².